The molecule has 18 heavy (non-hydrogen) atoms. The SMILES string of the molecule is C[N+](C)(C)[C@H](c1ccccc1)C1(O)CCCCC1. The lowest BCUT2D eigenvalue weighted by molar-refractivity contribution is -0.910. The second-order valence-corrected chi connectivity index (χ2v) is 6.59. The molecule has 0 radical (unpaired) electrons. The molecule has 2 heteroatoms. The Labute approximate surface area is 111 Å². The highest BCUT2D eigenvalue weighted by molar-refractivity contribution is 5.21. The lowest BCUT2D eigenvalue weighted by Gasteiger charge is -2.46. The van der Waals surface area contributed by atoms with Gasteiger partial charge in [-0.2, -0.15) is 0 Å². The number of nitrogens with zero attached hydrogens (tertiary/aromatic N) is 1. The van der Waals surface area contributed by atoms with Crippen molar-refractivity contribution in [3.63, 3.8) is 0 Å². The average molecular weight is 248 g/mol. The van der Waals surface area contributed by atoms with Gasteiger partial charge in [0.25, 0.3) is 0 Å². The summed E-state index contributed by atoms with van der Waals surface area (Å²) in [4.78, 5) is 0. The van der Waals surface area contributed by atoms with Gasteiger partial charge in [-0.25, -0.2) is 0 Å². The Morgan fingerprint density at radius 2 is 1.56 bits per heavy atom. The molecule has 0 aromatic heterocycles. The number of benzene rings is 1. The molecule has 1 aliphatic carbocycles. The summed E-state index contributed by atoms with van der Waals surface area (Å²) >= 11 is 0. The highest BCUT2D eigenvalue weighted by Gasteiger charge is 2.46. The van der Waals surface area contributed by atoms with Gasteiger partial charge in [0.15, 0.2) is 0 Å². The van der Waals surface area contributed by atoms with Crippen molar-refractivity contribution in [1.82, 2.24) is 0 Å². The molecule has 1 aromatic rings. The van der Waals surface area contributed by atoms with Gasteiger partial charge in [-0.05, 0) is 12.8 Å². The number of likely N-dealkylation sites (N-methyl/N-ethyl adjacent to an activating group) is 1. The van der Waals surface area contributed by atoms with E-state index in [1.165, 1.54) is 12.0 Å². The van der Waals surface area contributed by atoms with E-state index in [1.54, 1.807) is 0 Å². The fourth-order valence-electron chi connectivity index (χ4n) is 3.55. The van der Waals surface area contributed by atoms with E-state index in [1.807, 2.05) is 6.07 Å². The first kappa shape index (κ1) is 13.6. The number of quaternary nitrogens is 1. The van der Waals surface area contributed by atoms with Crippen LogP contribution in [0, 0.1) is 0 Å². The molecule has 1 atom stereocenters. The number of rotatable bonds is 3. The monoisotopic (exact) mass is 248 g/mol. The third-order valence-electron chi connectivity index (χ3n) is 4.12. The van der Waals surface area contributed by atoms with Gasteiger partial charge in [-0.15, -0.1) is 0 Å². The molecule has 0 spiro atoms. The first-order valence-electron chi connectivity index (χ1n) is 7.02. The van der Waals surface area contributed by atoms with Gasteiger partial charge >= 0.3 is 0 Å². The van der Waals surface area contributed by atoms with E-state index in [0.29, 0.717) is 0 Å². The van der Waals surface area contributed by atoms with Crippen LogP contribution in [0.2, 0.25) is 0 Å². The maximum atomic E-state index is 11.1. The molecule has 0 aliphatic heterocycles. The summed E-state index contributed by atoms with van der Waals surface area (Å²) in [6.07, 6.45) is 5.44. The summed E-state index contributed by atoms with van der Waals surface area (Å²) in [7, 11) is 6.55. The first-order valence-corrected chi connectivity index (χ1v) is 7.02. The van der Waals surface area contributed by atoms with Crippen molar-refractivity contribution in [2.75, 3.05) is 21.1 Å². The summed E-state index contributed by atoms with van der Waals surface area (Å²) in [5, 5.41) is 11.1. The largest absolute Gasteiger partial charge is 0.383 e. The van der Waals surface area contributed by atoms with E-state index in [9.17, 15) is 5.11 Å². The number of hydrogen-bond donors (Lipinski definition) is 1. The molecule has 100 valence electrons. The molecular formula is C16H26NO+. The smallest absolute Gasteiger partial charge is 0.143 e. The van der Waals surface area contributed by atoms with Gasteiger partial charge in [0, 0.05) is 5.56 Å². The summed E-state index contributed by atoms with van der Waals surface area (Å²) in [6.45, 7) is 0. The molecule has 1 aromatic carbocycles. The van der Waals surface area contributed by atoms with Crippen LogP contribution in [0.25, 0.3) is 0 Å². The Morgan fingerprint density at radius 1 is 1.00 bits per heavy atom. The molecule has 1 fully saturated rings. The Morgan fingerprint density at radius 3 is 2.06 bits per heavy atom. The van der Waals surface area contributed by atoms with Crippen molar-refractivity contribution in [1.29, 1.82) is 0 Å². The summed E-state index contributed by atoms with van der Waals surface area (Å²) in [6, 6.07) is 10.7. The van der Waals surface area contributed by atoms with Gasteiger partial charge in [-0.3, -0.25) is 0 Å². The maximum Gasteiger partial charge on any atom is 0.143 e. The predicted molar refractivity (Wildman–Crippen MR) is 75.3 cm³/mol. The van der Waals surface area contributed by atoms with Gasteiger partial charge in [0.2, 0.25) is 0 Å². The fourth-order valence-corrected chi connectivity index (χ4v) is 3.55. The first-order chi connectivity index (χ1) is 8.43. The van der Waals surface area contributed by atoms with Crippen LogP contribution in [0.1, 0.15) is 43.7 Å². The van der Waals surface area contributed by atoms with Crippen LogP contribution in [0.5, 0.6) is 0 Å². The molecule has 0 bridgehead atoms. The predicted octanol–water partition coefficient (Wildman–Crippen LogP) is 3.13. The topological polar surface area (TPSA) is 20.2 Å². The Balaban J connectivity index is 2.37. The molecule has 1 aliphatic rings. The molecule has 0 heterocycles. The second kappa shape index (κ2) is 5.02. The Kier molecular flexibility index (Phi) is 3.79. The minimum absolute atomic E-state index is 0.166. The highest BCUT2D eigenvalue weighted by atomic mass is 16.3. The maximum absolute atomic E-state index is 11.1. The van der Waals surface area contributed by atoms with Crippen molar-refractivity contribution in [3.05, 3.63) is 35.9 Å². The van der Waals surface area contributed by atoms with Gasteiger partial charge in [-0.1, -0.05) is 49.6 Å². The third-order valence-corrected chi connectivity index (χ3v) is 4.12. The van der Waals surface area contributed by atoms with Crippen molar-refractivity contribution in [3.8, 4) is 0 Å². The zero-order chi connectivity index (χ0) is 13.2. The van der Waals surface area contributed by atoms with Crippen LogP contribution in [-0.4, -0.2) is 36.3 Å². The van der Waals surface area contributed by atoms with Gasteiger partial charge < -0.3 is 9.59 Å². The number of aliphatic hydroxyl groups is 1. The lowest BCUT2D eigenvalue weighted by atomic mass is 9.75. The molecule has 0 amide bonds. The van der Waals surface area contributed by atoms with Crippen LogP contribution in [0.3, 0.4) is 0 Å². The molecular weight excluding hydrogens is 222 g/mol. The lowest BCUT2D eigenvalue weighted by Crippen LogP contribution is -2.53. The van der Waals surface area contributed by atoms with Crippen LogP contribution < -0.4 is 0 Å². The zero-order valence-electron chi connectivity index (χ0n) is 11.9. The Hall–Kier alpha value is -0.860. The molecule has 2 rings (SSSR count). The van der Waals surface area contributed by atoms with Gasteiger partial charge in [0.1, 0.15) is 11.6 Å². The minimum atomic E-state index is -0.544. The van der Waals surface area contributed by atoms with Crippen molar-refractivity contribution >= 4 is 0 Å². The molecule has 2 nitrogen and oxygen atoms in total. The molecule has 0 saturated heterocycles. The van der Waals surface area contributed by atoms with Gasteiger partial charge in [0.05, 0.1) is 21.1 Å². The van der Waals surface area contributed by atoms with E-state index in [-0.39, 0.29) is 6.04 Å². The van der Waals surface area contributed by atoms with Crippen LogP contribution in [0.4, 0.5) is 0 Å². The van der Waals surface area contributed by atoms with E-state index in [4.69, 9.17) is 0 Å². The molecule has 1 N–H and O–H groups in total. The molecule has 0 unspecified atom stereocenters. The summed E-state index contributed by atoms with van der Waals surface area (Å²) < 4.78 is 0.778. The van der Waals surface area contributed by atoms with E-state index < -0.39 is 5.60 Å². The normalized spacial score (nSPS) is 21.6. The fraction of sp³-hybridized carbons (Fsp3) is 0.625. The summed E-state index contributed by atoms with van der Waals surface area (Å²) in [5.74, 6) is 0. The Bertz CT molecular complexity index is 374. The van der Waals surface area contributed by atoms with Crippen molar-refractivity contribution in [2.24, 2.45) is 0 Å². The minimum Gasteiger partial charge on any atom is -0.383 e. The standard InChI is InChI=1S/C16H26NO/c1-17(2,3)15(14-10-6-4-7-11-14)16(18)12-8-5-9-13-16/h4,6-7,10-11,15,18H,5,8-9,12-13H2,1-3H3/q+1/t15-/m1/s1. The van der Waals surface area contributed by atoms with Crippen molar-refractivity contribution in [2.45, 2.75) is 43.7 Å². The zero-order valence-corrected chi connectivity index (χ0v) is 11.9. The average Bonchev–Trinajstić information content (AvgIpc) is 2.29. The van der Waals surface area contributed by atoms with E-state index >= 15 is 0 Å². The van der Waals surface area contributed by atoms with E-state index in [0.717, 1.165) is 30.2 Å². The van der Waals surface area contributed by atoms with E-state index in [2.05, 4.69) is 45.4 Å². The second-order valence-electron chi connectivity index (χ2n) is 6.59. The van der Waals surface area contributed by atoms with Crippen molar-refractivity contribution < 1.29 is 9.59 Å². The van der Waals surface area contributed by atoms with Crippen LogP contribution >= 0.6 is 0 Å². The third kappa shape index (κ3) is 2.76. The highest BCUT2D eigenvalue weighted by Crippen LogP contribution is 2.43. The molecule has 1 saturated carbocycles. The van der Waals surface area contributed by atoms with Crippen LogP contribution in [-0.2, 0) is 0 Å². The quantitative estimate of drug-likeness (QED) is 0.815. The summed E-state index contributed by atoms with van der Waals surface area (Å²) in [5.41, 5.74) is 0.715. The van der Waals surface area contributed by atoms with Crippen LogP contribution in [0.15, 0.2) is 30.3 Å². The number of hydrogen-bond acceptors (Lipinski definition) is 1.